The molecule has 4 rings (SSSR count). The number of rotatable bonds is 2. The number of sulfonamides is 1. The summed E-state index contributed by atoms with van der Waals surface area (Å²) >= 11 is 0. The van der Waals surface area contributed by atoms with E-state index in [1.165, 1.54) is 0 Å². The Morgan fingerprint density at radius 3 is 2.62 bits per heavy atom. The van der Waals surface area contributed by atoms with Crippen LogP contribution in [0.1, 0.15) is 51.9 Å². The summed E-state index contributed by atoms with van der Waals surface area (Å²) in [5.74, 6) is 0.326. The maximum Gasteiger partial charge on any atom is 0.243 e. The monoisotopic (exact) mass is 347 g/mol. The maximum atomic E-state index is 13.3. The van der Waals surface area contributed by atoms with Crippen LogP contribution in [-0.4, -0.2) is 31.1 Å². The van der Waals surface area contributed by atoms with Crippen LogP contribution in [0.2, 0.25) is 0 Å². The molecular formula is C19H25NO3S. The highest BCUT2D eigenvalue weighted by molar-refractivity contribution is 7.89. The number of nitrogens with zero attached hydrogens (tertiary/aromatic N) is 1. The second-order valence-corrected chi connectivity index (χ2v) is 10.3. The highest BCUT2D eigenvalue weighted by Gasteiger charge is 2.59. The lowest BCUT2D eigenvalue weighted by Crippen LogP contribution is -2.64. The van der Waals surface area contributed by atoms with Gasteiger partial charge in [-0.05, 0) is 42.2 Å². The molecule has 1 aliphatic heterocycles. The third-order valence-corrected chi connectivity index (χ3v) is 8.17. The standard InChI is InChI=1S/C19H25NO3S/c1-18-11-15(21)12-19(13-18)10-6-5-9-17(19)20(14-18)24(22,23)16-7-3-2-4-8-16/h2-4,7-8,17H,5-6,9-14H2,1H3/t17?,18-,19?/m1/s1. The molecule has 3 atom stereocenters. The van der Waals surface area contributed by atoms with Gasteiger partial charge in [-0.1, -0.05) is 38.0 Å². The lowest BCUT2D eigenvalue weighted by Gasteiger charge is -2.60. The fourth-order valence-corrected chi connectivity index (χ4v) is 7.55. The molecule has 0 amide bonds. The first-order valence-electron chi connectivity index (χ1n) is 8.93. The minimum absolute atomic E-state index is 0.0196. The van der Waals surface area contributed by atoms with Crippen molar-refractivity contribution in [3.8, 4) is 0 Å². The third-order valence-electron chi connectivity index (χ3n) is 6.30. The molecule has 5 heteroatoms. The Morgan fingerprint density at radius 2 is 1.88 bits per heavy atom. The van der Waals surface area contributed by atoms with Crippen LogP contribution in [0.5, 0.6) is 0 Å². The van der Waals surface area contributed by atoms with E-state index in [2.05, 4.69) is 6.92 Å². The SMILES string of the molecule is C[C@]12CC(=O)CC3(CCCCC3N(S(=O)(=O)c3ccccc3)C1)C2. The molecule has 2 aliphatic carbocycles. The van der Waals surface area contributed by atoms with Gasteiger partial charge in [0.25, 0.3) is 0 Å². The first kappa shape index (κ1) is 16.3. The number of piperidine rings is 1. The predicted octanol–water partition coefficient (Wildman–Crippen LogP) is 3.38. The van der Waals surface area contributed by atoms with Crippen LogP contribution in [0.25, 0.3) is 0 Å². The molecule has 24 heavy (non-hydrogen) atoms. The van der Waals surface area contributed by atoms with E-state index >= 15 is 0 Å². The lowest BCUT2D eigenvalue weighted by molar-refractivity contribution is -0.141. The average molecular weight is 347 g/mol. The summed E-state index contributed by atoms with van der Waals surface area (Å²) in [6.07, 6.45) is 6.11. The van der Waals surface area contributed by atoms with Gasteiger partial charge in [0.05, 0.1) is 4.90 Å². The van der Waals surface area contributed by atoms with Gasteiger partial charge in [-0.3, -0.25) is 4.79 Å². The first-order chi connectivity index (χ1) is 11.3. The Kier molecular flexibility index (Phi) is 3.66. The summed E-state index contributed by atoms with van der Waals surface area (Å²) in [5.41, 5.74) is -0.354. The van der Waals surface area contributed by atoms with Crippen molar-refractivity contribution in [2.24, 2.45) is 10.8 Å². The topological polar surface area (TPSA) is 54.5 Å². The molecule has 2 bridgehead atoms. The van der Waals surface area contributed by atoms with Crippen molar-refractivity contribution < 1.29 is 13.2 Å². The highest BCUT2D eigenvalue weighted by atomic mass is 32.2. The van der Waals surface area contributed by atoms with Crippen molar-refractivity contribution in [1.29, 1.82) is 0 Å². The van der Waals surface area contributed by atoms with Gasteiger partial charge in [0.2, 0.25) is 10.0 Å². The summed E-state index contributed by atoms with van der Waals surface area (Å²) in [6, 6.07) is 8.74. The van der Waals surface area contributed by atoms with Crippen molar-refractivity contribution in [1.82, 2.24) is 4.31 Å². The van der Waals surface area contributed by atoms with Gasteiger partial charge in [0, 0.05) is 25.4 Å². The normalized spacial score (nSPS) is 37.0. The second-order valence-electron chi connectivity index (χ2n) is 8.37. The fourth-order valence-electron chi connectivity index (χ4n) is 5.63. The van der Waals surface area contributed by atoms with E-state index in [9.17, 15) is 13.2 Å². The number of carbonyl (C=O) groups excluding carboxylic acids is 1. The summed E-state index contributed by atoms with van der Waals surface area (Å²) in [4.78, 5) is 12.8. The molecule has 0 aromatic heterocycles. The Labute approximate surface area is 144 Å². The zero-order chi connectivity index (χ0) is 17.0. The van der Waals surface area contributed by atoms with Gasteiger partial charge in [-0.2, -0.15) is 4.31 Å². The molecule has 1 saturated heterocycles. The van der Waals surface area contributed by atoms with Crippen molar-refractivity contribution >= 4 is 15.8 Å². The second kappa shape index (κ2) is 5.40. The molecule has 1 heterocycles. The van der Waals surface area contributed by atoms with E-state index in [4.69, 9.17) is 0 Å². The summed E-state index contributed by atoms with van der Waals surface area (Å²) in [7, 11) is -3.51. The van der Waals surface area contributed by atoms with Crippen LogP contribution < -0.4 is 0 Å². The number of fused-ring (bicyclic) bond motifs is 1. The van der Waals surface area contributed by atoms with E-state index in [1.807, 2.05) is 6.07 Å². The number of hydrogen-bond donors (Lipinski definition) is 0. The van der Waals surface area contributed by atoms with Crippen LogP contribution in [0.15, 0.2) is 35.2 Å². The van der Waals surface area contributed by atoms with Gasteiger partial charge in [0.15, 0.2) is 0 Å². The van der Waals surface area contributed by atoms with Gasteiger partial charge >= 0.3 is 0 Å². The summed E-state index contributed by atoms with van der Waals surface area (Å²) in [6.45, 7) is 2.58. The minimum Gasteiger partial charge on any atom is -0.300 e. The average Bonchev–Trinajstić information content (AvgIpc) is 2.53. The number of carbonyl (C=O) groups is 1. The van der Waals surface area contributed by atoms with Crippen LogP contribution in [0, 0.1) is 10.8 Å². The van der Waals surface area contributed by atoms with E-state index in [0.29, 0.717) is 30.1 Å². The van der Waals surface area contributed by atoms with Crippen LogP contribution in [0.3, 0.4) is 0 Å². The van der Waals surface area contributed by atoms with Gasteiger partial charge in [-0.25, -0.2) is 8.42 Å². The van der Waals surface area contributed by atoms with E-state index in [1.54, 1.807) is 28.6 Å². The largest absolute Gasteiger partial charge is 0.300 e. The fraction of sp³-hybridized carbons (Fsp3) is 0.632. The molecule has 3 aliphatic rings. The Morgan fingerprint density at radius 1 is 1.12 bits per heavy atom. The Hall–Kier alpha value is -1.20. The van der Waals surface area contributed by atoms with Gasteiger partial charge in [-0.15, -0.1) is 0 Å². The molecule has 1 aromatic carbocycles. The zero-order valence-electron chi connectivity index (χ0n) is 14.2. The van der Waals surface area contributed by atoms with Crippen molar-refractivity contribution in [3.05, 3.63) is 30.3 Å². The quantitative estimate of drug-likeness (QED) is 0.824. The summed E-state index contributed by atoms with van der Waals surface area (Å²) < 4.78 is 28.4. The smallest absolute Gasteiger partial charge is 0.243 e. The van der Waals surface area contributed by atoms with Crippen molar-refractivity contribution in [3.63, 3.8) is 0 Å². The molecule has 4 nitrogen and oxygen atoms in total. The Bertz CT molecular complexity index is 760. The van der Waals surface area contributed by atoms with Crippen LogP contribution in [0.4, 0.5) is 0 Å². The molecule has 2 unspecified atom stereocenters. The number of ketones is 1. The highest BCUT2D eigenvalue weighted by Crippen LogP contribution is 2.58. The van der Waals surface area contributed by atoms with E-state index < -0.39 is 10.0 Å². The van der Waals surface area contributed by atoms with Crippen LogP contribution in [-0.2, 0) is 14.8 Å². The van der Waals surface area contributed by atoms with E-state index in [0.717, 1.165) is 32.1 Å². The molecule has 0 N–H and O–H groups in total. The minimum atomic E-state index is -3.51. The van der Waals surface area contributed by atoms with Crippen LogP contribution >= 0.6 is 0 Å². The van der Waals surface area contributed by atoms with Gasteiger partial charge in [0.1, 0.15) is 5.78 Å². The predicted molar refractivity (Wildman–Crippen MR) is 92.0 cm³/mol. The van der Waals surface area contributed by atoms with Crippen molar-refractivity contribution in [2.75, 3.05) is 6.54 Å². The third kappa shape index (κ3) is 2.44. The summed E-state index contributed by atoms with van der Waals surface area (Å²) in [5, 5.41) is 0. The number of hydrogen-bond acceptors (Lipinski definition) is 3. The molecule has 1 aromatic rings. The van der Waals surface area contributed by atoms with Crippen molar-refractivity contribution in [2.45, 2.75) is 62.8 Å². The first-order valence-corrected chi connectivity index (χ1v) is 10.4. The van der Waals surface area contributed by atoms with Gasteiger partial charge < -0.3 is 0 Å². The number of benzene rings is 1. The molecule has 1 spiro atoms. The Balaban J connectivity index is 1.80. The molecule has 130 valence electrons. The molecule has 2 saturated carbocycles. The molecule has 0 radical (unpaired) electrons. The van der Waals surface area contributed by atoms with E-state index in [-0.39, 0.29) is 16.9 Å². The zero-order valence-corrected chi connectivity index (χ0v) is 15.0. The number of Topliss-reactive ketones (excluding diaryl/α,β-unsaturated/α-hetero) is 1. The maximum absolute atomic E-state index is 13.3. The molecular weight excluding hydrogens is 322 g/mol. The lowest BCUT2D eigenvalue weighted by atomic mass is 9.53. The molecule has 3 fully saturated rings.